The molecule has 2 aromatic carbocycles. The molecular weight excluding hydrogens is 304 g/mol. The summed E-state index contributed by atoms with van der Waals surface area (Å²) in [5.41, 5.74) is 2.49. The Kier molecular flexibility index (Phi) is 4.38. The van der Waals surface area contributed by atoms with Crippen LogP contribution in [0.15, 0.2) is 67.1 Å². The molecule has 1 heterocycles. The van der Waals surface area contributed by atoms with E-state index in [2.05, 4.69) is 15.6 Å². The van der Waals surface area contributed by atoms with Gasteiger partial charge in [0.1, 0.15) is 5.69 Å². The Morgan fingerprint density at radius 1 is 0.958 bits per heavy atom. The molecule has 0 aliphatic heterocycles. The minimum Gasteiger partial charge on any atom is -0.326 e. The average molecular weight is 320 g/mol. The number of carbonyl (C=O) groups is 2. The fourth-order valence-corrected chi connectivity index (χ4v) is 2.33. The second kappa shape index (κ2) is 6.78. The number of rotatable bonds is 4. The zero-order valence-electron chi connectivity index (χ0n) is 13.1. The van der Waals surface area contributed by atoms with Crippen LogP contribution in [0.25, 0.3) is 5.69 Å². The van der Waals surface area contributed by atoms with Gasteiger partial charge in [-0.05, 0) is 30.3 Å². The summed E-state index contributed by atoms with van der Waals surface area (Å²) in [6.07, 6.45) is 3.11. The molecule has 3 aromatic rings. The van der Waals surface area contributed by atoms with Crippen LogP contribution in [0, 0.1) is 0 Å². The predicted molar refractivity (Wildman–Crippen MR) is 92.3 cm³/mol. The molecule has 0 saturated heterocycles. The third-order valence-corrected chi connectivity index (χ3v) is 3.35. The number of aromatic nitrogens is 2. The zero-order chi connectivity index (χ0) is 16.9. The number of carbonyl (C=O) groups excluding carboxylic acids is 2. The third kappa shape index (κ3) is 3.49. The number of imidazole rings is 1. The fraction of sp³-hybridized carbons (Fsp3) is 0.0556. The molecule has 6 heteroatoms. The normalized spacial score (nSPS) is 10.2. The van der Waals surface area contributed by atoms with E-state index >= 15 is 0 Å². The second-order valence-electron chi connectivity index (χ2n) is 5.20. The highest BCUT2D eigenvalue weighted by Gasteiger charge is 2.13. The summed E-state index contributed by atoms with van der Waals surface area (Å²) in [5, 5.41) is 5.50. The molecule has 0 atom stereocenters. The van der Waals surface area contributed by atoms with Gasteiger partial charge in [-0.15, -0.1) is 0 Å². The van der Waals surface area contributed by atoms with Gasteiger partial charge in [0, 0.05) is 24.0 Å². The third-order valence-electron chi connectivity index (χ3n) is 3.35. The van der Waals surface area contributed by atoms with E-state index < -0.39 is 0 Å². The van der Waals surface area contributed by atoms with Crippen LogP contribution < -0.4 is 10.6 Å². The zero-order valence-corrected chi connectivity index (χ0v) is 13.1. The van der Waals surface area contributed by atoms with E-state index in [0.29, 0.717) is 17.1 Å². The highest BCUT2D eigenvalue weighted by molar-refractivity contribution is 6.03. The minimum absolute atomic E-state index is 0.166. The molecule has 2 N–H and O–H groups in total. The Balaban J connectivity index is 1.82. The van der Waals surface area contributed by atoms with Gasteiger partial charge in [0.15, 0.2) is 0 Å². The van der Waals surface area contributed by atoms with Gasteiger partial charge < -0.3 is 10.6 Å². The number of anilines is 2. The molecule has 24 heavy (non-hydrogen) atoms. The predicted octanol–water partition coefficient (Wildman–Crippen LogP) is 3.08. The van der Waals surface area contributed by atoms with Crippen LogP contribution in [0.4, 0.5) is 11.4 Å². The van der Waals surface area contributed by atoms with E-state index in [0.717, 1.165) is 5.69 Å². The lowest BCUT2D eigenvalue weighted by Crippen LogP contribution is -2.16. The van der Waals surface area contributed by atoms with Crippen molar-refractivity contribution in [3.8, 4) is 5.69 Å². The first kappa shape index (κ1) is 15.5. The molecule has 3 rings (SSSR count). The molecule has 0 aliphatic rings. The second-order valence-corrected chi connectivity index (χ2v) is 5.20. The number of amides is 2. The SMILES string of the molecule is CC(=O)Nc1cccc(NC(=O)c2cncn2-c2ccccc2)c1. The van der Waals surface area contributed by atoms with Crippen LogP contribution in [0.1, 0.15) is 17.4 Å². The fourth-order valence-electron chi connectivity index (χ4n) is 2.33. The number of hydrogen-bond donors (Lipinski definition) is 2. The quantitative estimate of drug-likeness (QED) is 0.775. The lowest BCUT2D eigenvalue weighted by molar-refractivity contribution is -0.114. The number of benzene rings is 2. The summed E-state index contributed by atoms with van der Waals surface area (Å²) >= 11 is 0. The number of para-hydroxylation sites is 1. The Bertz CT molecular complexity index is 871. The van der Waals surface area contributed by atoms with E-state index in [-0.39, 0.29) is 11.8 Å². The Morgan fingerprint density at radius 3 is 2.38 bits per heavy atom. The molecule has 0 unspecified atom stereocenters. The molecule has 0 spiro atoms. The van der Waals surface area contributed by atoms with Crippen molar-refractivity contribution in [2.75, 3.05) is 10.6 Å². The lowest BCUT2D eigenvalue weighted by atomic mass is 10.2. The van der Waals surface area contributed by atoms with Gasteiger partial charge in [0.25, 0.3) is 5.91 Å². The van der Waals surface area contributed by atoms with Crippen molar-refractivity contribution in [1.82, 2.24) is 9.55 Å². The van der Waals surface area contributed by atoms with Gasteiger partial charge >= 0.3 is 0 Å². The van der Waals surface area contributed by atoms with E-state index in [4.69, 9.17) is 0 Å². The van der Waals surface area contributed by atoms with Crippen molar-refractivity contribution in [2.24, 2.45) is 0 Å². The molecule has 0 aliphatic carbocycles. The number of nitrogens with zero attached hydrogens (tertiary/aromatic N) is 2. The first-order valence-electron chi connectivity index (χ1n) is 7.40. The van der Waals surface area contributed by atoms with Crippen molar-refractivity contribution in [3.05, 3.63) is 72.8 Å². The summed E-state index contributed by atoms with van der Waals surface area (Å²) in [7, 11) is 0. The monoisotopic (exact) mass is 320 g/mol. The van der Waals surface area contributed by atoms with Gasteiger partial charge in [0.05, 0.1) is 12.5 Å². The van der Waals surface area contributed by atoms with Crippen LogP contribution in [0.2, 0.25) is 0 Å². The van der Waals surface area contributed by atoms with Gasteiger partial charge in [0.2, 0.25) is 5.91 Å². The van der Waals surface area contributed by atoms with Gasteiger partial charge in [-0.25, -0.2) is 4.98 Å². The largest absolute Gasteiger partial charge is 0.326 e. The van der Waals surface area contributed by atoms with Crippen LogP contribution in [0.5, 0.6) is 0 Å². The molecule has 0 fully saturated rings. The van der Waals surface area contributed by atoms with Gasteiger partial charge in [-0.2, -0.15) is 0 Å². The van der Waals surface area contributed by atoms with Gasteiger partial charge in [-0.3, -0.25) is 14.2 Å². The van der Waals surface area contributed by atoms with Crippen molar-refractivity contribution in [3.63, 3.8) is 0 Å². The molecular formula is C18H16N4O2. The molecule has 120 valence electrons. The molecule has 2 amide bonds. The summed E-state index contributed by atoms with van der Waals surface area (Å²) < 4.78 is 1.72. The van der Waals surface area contributed by atoms with Crippen LogP contribution in [0.3, 0.4) is 0 Å². The van der Waals surface area contributed by atoms with Crippen LogP contribution in [-0.4, -0.2) is 21.4 Å². The summed E-state index contributed by atoms with van der Waals surface area (Å²) in [6, 6.07) is 16.5. The maximum atomic E-state index is 12.5. The molecule has 0 radical (unpaired) electrons. The summed E-state index contributed by atoms with van der Waals surface area (Å²) in [5.74, 6) is -0.447. The average Bonchev–Trinajstić information content (AvgIpc) is 3.05. The molecule has 0 bridgehead atoms. The molecule has 0 saturated carbocycles. The van der Waals surface area contributed by atoms with Crippen LogP contribution >= 0.6 is 0 Å². The Hall–Kier alpha value is -3.41. The van der Waals surface area contributed by atoms with Crippen molar-refractivity contribution < 1.29 is 9.59 Å². The first-order chi connectivity index (χ1) is 11.6. The maximum Gasteiger partial charge on any atom is 0.274 e. The van der Waals surface area contributed by atoms with Crippen molar-refractivity contribution >= 4 is 23.2 Å². The Labute approximate surface area is 139 Å². The van der Waals surface area contributed by atoms with E-state index in [1.165, 1.54) is 13.1 Å². The van der Waals surface area contributed by atoms with E-state index in [9.17, 15) is 9.59 Å². The van der Waals surface area contributed by atoms with E-state index in [1.807, 2.05) is 30.3 Å². The smallest absolute Gasteiger partial charge is 0.274 e. The highest BCUT2D eigenvalue weighted by atomic mass is 16.2. The maximum absolute atomic E-state index is 12.5. The highest BCUT2D eigenvalue weighted by Crippen LogP contribution is 2.17. The van der Waals surface area contributed by atoms with Crippen molar-refractivity contribution in [2.45, 2.75) is 6.92 Å². The molecule has 6 nitrogen and oxygen atoms in total. The summed E-state index contributed by atoms with van der Waals surface area (Å²) in [6.45, 7) is 1.43. The Morgan fingerprint density at radius 2 is 1.67 bits per heavy atom. The number of hydrogen-bond acceptors (Lipinski definition) is 3. The van der Waals surface area contributed by atoms with Crippen molar-refractivity contribution in [1.29, 1.82) is 0 Å². The topological polar surface area (TPSA) is 76.0 Å². The molecule has 1 aromatic heterocycles. The lowest BCUT2D eigenvalue weighted by Gasteiger charge is -2.10. The van der Waals surface area contributed by atoms with E-state index in [1.54, 1.807) is 35.2 Å². The standard InChI is InChI=1S/C18H16N4O2/c1-13(23)20-14-6-5-7-15(10-14)21-18(24)17-11-19-12-22(17)16-8-3-2-4-9-16/h2-12H,1H3,(H,20,23)(H,21,24). The van der Waals surface area contributed by atoms with Crippen LogP contribution in [-0.2, 0) is 4.79 Å². The minimum atomic E-state index is -0.281. The first-order valence-corrected chi connectivity index (χ1v) is 7.40. The number of nitrogens with one attached hydrogen (secondary N) is 2. The summed E-state index contributed by atoms with van der Waals surface area (Å²) in [4.78, 5) is 27.7. The van der Waals surface area contributed by atoms with Gasteiger partial charge in [-0.1, -0.05) is 24.3 Å².